The summed E-state index contributed by atoms with van der Waals surface area (Å²) < 4.78 is 11.3. The van der Waals surface area contributed by atoms with E-state index in [1.54, 1.807) is 32.0 Å². The summed E-state index contributed by atoms with van der Waals surface area (Å²) in [7, 11) is 0. The molecule has 1 N–H and O–H groups in total. The molecule has 0 bridgehead atoms. The number of carbonyl (C=O) groups is 1. The molecule has 182 valence electrons. The highest BCUT2D eigenvalue weighted by Gasteiger charge is 2.18. The van der Waals surface area contributed by atoms with E-state index in [0.717, 1.165) is 0 Å². The maximum atomic E-state index is 12.6. The van der Waals surface area contributed by atoms with Crippen molar-refractivity contribution in [2.75, 3.05) is 5.32 Å². The summed E-state index contributed by atoms with van der Waals surface area (Å²) in [6.45, 7) is 3.53. The van der Waals surface area contributed by atoms with Gasteiger partial charge in [-0.3, -0.25) is 10.1 Å². The molecule has 12 heteroatoms. The summed E-state index contributed by atoms with van der Waals surface area (Å²) in [6, 6.07) is 12.3. The van der Waals surface area contributed by atoms with E-state index in [4.69, 9.17) is 55.9 Å². The van der Waals surface area contributed by atoms with Crippen molar-refractivity contribution in [3.8, 4) is 11.5 Å². The number of halogens is 4. The van der Waals surface area contributed by atoms with Crippen LogP contribution in [0.15, 0.2) is 59.6 Å². The van der Waals surface area contributed by atoms with E-state index in [9.17, 15) is 14.9 Å². The zero-order valence-corrected chi connectivity index (χ0v) is 21.2. The summed E-state index contributed by atoms with van der Waals surface area (Å²) in [6.07, 6.45) is -0.311. The number of non-ortho nitro benzene ring substituents is 1. The van der Waals surface area contributed by atoms with Crippen LogP contribution in [0, 0.1) is 10.1 Å². The number of nitro groups is 1. The first-order chi connectivity index (χ1) is 16.5. The maximum absolute atomic E-state index is 12.6. The van der Waals surface area contributed by atoms with E-state index in [1.165, 1.54) is 36.4 Å². The van der Waals surface area contributed by atoms with Crippen LogP contribution in [0.1, 0.15) is 19.4 Å². The predicted octanol–water partition coefficient (Wildman–Crippen LogP) is 8.40. The van der Waals surface area contributed by atoms with E-state index >= 15 is 0 Å². The lowest BCUT2D eigenvalue weighted by Crippen LogP contribution is -2.18. The number of urea groups is 1. The van der Waals surface area contributed by atoms with Crippen molar-refractivity contribution in [1.82, 2.24) is 0 Å². The van der Waals surface area contributed by atoms with E-state index in [-0.39, 0.29) is 60.5 Å². The third kappa shape index (κ3) is 6.99. The standard InChI is InChI=1S/C23H17Cl4N3O5/c1-12(2)34-22(20-16(24)4-3-5-17(20)25)29-23(31)28-13-10-18(26)21(19(27)11-13)35-15-8-6-14(7-9-15)30(32)33/h3-12H,1-2H3,(H,28,31). The predicted molar refractivity (Wildman–Crippen MR) is 138 cm³/mol. The Bertz CT molecular complexity index is 1250. The molecular weight excluding hydrogens is 540 g/mol. The molecule has 8 nitrogen and oxygen atoms in total. The molecule has 0 atom stereocenters. The Morgan fingerprint density at radius 1 is 0.971 bits per heavy atom. The van der Waals surface area contributed by atoms with Crippen molar-refractivity contribution >= 4 is 69.7 Å². The second kappa shape index (κ2) is 11.6. The fourth-order valence-electron chi connectivity index (χ4n) is 2.79. The number of nitro benzene ring substituents is 1. The van der Waals surface area contributed by atoms with Crippen LogP contribution in [0.4, 0.5) is 16.2 Å². The van der Waals surface area contributed by atoms with Gasteiger partial charge in [-0.2, -0.15) is 4.99 Å². The van der Waals surface area contributed by atoms with Crippen molar-refractivity contribution in [2.24, 2.45) is 4.99 Å². The van der Waals surface area contributed by atoms with Crippen molar-refractivity contribution in [1.29, 1.82) is 0 Å². The fraction of sp³-hybridized carbons (Fsp3) is 0.130. The van der Waals surface area contributed by atoms with Gasteiger partial charge in [0, 0.05) is 17.8 Å². The van der Waals surface area contributed by atoms with Gasteiger partial charge in [0.05, 0.1) is 36.7 Å². The first kappa shape index (κ1) is 26.6. The van der Waals surface area contributed by atoms with Crippen LogP contribution in [0.5, 0.6) is 11.5 Å². The third-order valence-corrected chi connectivity index (χ3v) is 5.44. The van der Waals surface area contributed by atoms with Gasteiger partial charge in [0.25, 0.3) is 5.69 Å². The molecular formula is C23H17Cl4N3O5. The number of hydrogen-bond donors (Lipinski definition) is 1. The van der Waals surface area contributed by atoms with Crippen molar-refractivity contribution in [2.45, 2.75) is 20.0 Å². The zero-order valence-electron chi connectivity index (χ0n) is 18.2. The minimum Gasteiger partial charge on any atom is -0.474 e. The zero-order chi connectivity index (χ0) is 25.7. The number of rotatable bonds is 6. The Balaban J connectivity index is 1.83. The van der Waals surface area contributed by atoms with Crippen LogP contribution < -0.4 is 10.1 Å². The lowest BCUT2D eigenvalue weighted by Gasteiger charge is -2.15. The summed E-state index contributed by atoms with van der Waals surface area (Å²) in [5.74, 6) is 0.340. The highest BCUT2D eigenvalue weighted by atomic mass is 35.5. The summed E-state index contributed by atoms with van der Waals surface area (Å²) >= 11 is 25.1. The molecule has 0 fully saturated rings. The highest BCUT2D eigenvalue weighted by Crippen LogP contribution is 2.39. The van der Waals surface area contributed by atoms with Crippen LogP contribution in [0.25, 0.3) is 0 Å². The molecule has 0 saturated carbocycles. The Labute approximate surface area is 220 Å². The Hall–Kier alpha value is -3.04. The van der Waals surface area contributed by atoms with Gasteiger partial charge in [0.1, 0.15) is 5.75 Å². The smallest absolute Gasteiger partial charge is 0.348 e. The topological polar surface area (TPSA) is 103 Å². The monoisotopic (exact) mass is 555 g/mol. The number of benzene rings is 3. The van der Waals surface area contributed by atoms with Crippen molar-refractivity contribution < 1.29 is 19.2 Å². The maximum Gasteiger partial charge on any atom is 0.348 e. The number of nitrogens with one attached hydrogen (secondary N) is 1. The first-order valence-corrected chi connectivity index (χ1v) is 11.5. The van der Waals surface area contributed by atoms with Gasteiger partial charge < -0.3 is 14.8 Å². The molecule has 3 aromatic carbocycles. The highest BCUT2D eigenvalue weighted by molar-refractivity contribution is 6.40. The molecule has 3 rings (SSSR count). The number of nitrogens with zero attached hydrogens (tertiary/aromatic N) is 2. The number of hydrogen-bond acceptors (Lipinski definition) is 5. The molecule has 0 aromatic heterocycles. The lowest BCUT2D eigenvalue weighted by atomic mass is 10.2. The second-order valence-corrected chi connectivity index (χ2v) is 8.86. The number of ether oxygens (including phenoxy) is 2. The molecule has 0 unspecified atom stereocenters. The van der Waals surface area contributed by atoms with Gasteiger partial charge in [-0.1, -0.05) is 52.5 Å². The van der Waals surface area contributed by atoms with E-state index in [2.05, 4.69) is 10.3 Å². The van der Waals surface area contributed by atoms with Crippen LogP contribution in [-0.2, 0) is 4.74 Å². The van der Waals surface area contributed by atoms with E-state index in [0.29, 0.717) is 0 Å². The number of aliphatic imine (C=N–C) groups is 1. The molecule has 0 aliphatic heterocycles. The Morgan fingerprint density at radius 3 is 2.06 bits per heavy atom. The molecule has 0 spiro atoms. The lowest BCUT2D eigenvalue weighted by molar-refractivity contribution is -0.384. The van der Waals surface area contributed by atoms with Gasteiger partial charge >= 0.3 is 6.03 Å². The van der Waals surface area contributed by atoms with Crippen LogP contribution in [0.2, 0.25) is 20.1 Å². The molecule has 3 aromatic rings. The van der Waals surface area contributed by atoms with E-state index < -0.39 is 11.0 Å². The fourth-order valence-corrected chi connectivity index (χ4v) is 3.92. The Morgan fingerprint density at radius 2 is 1.54 bits per heavy atom. The van der Waals surface area contributed by atoms with Gasteiger partial charge in [-0.05, 0) is 50.2 Å². The van der Waals surface area contributed by atoms with Crippen molar-refractivity contribution in [3.05, 3.63) is 90.4 Å². The van der Waals surface area contributed by atoms with Crippen molar-refractivity contribution in [3.63, 3.8) is 0 Å². The summed E-state index contributed by atoms with van der Waals surface area (Å²) in [4.78, 5) is 26.9. The molecule has 0 heterocycles. The largest absolute Gasteiger partial charge is 0.474 e. The Kier molecular flexibility index (Phi) is 8.80. The molecule has 0 saturated heterocycles. The second-order valence-electron chi connectivity index (χ2n) is 7.23. The van der Waals surface area contributed by atoms with E-state index in [1.807, 2.05) is 0 Å². The third-order valence-electron chi connectivity index (χ3n) is 4.24. The molecule has 0 aliphatic carbocycles. The molecule has 2 amide bonds. The van der Waals surface area contributed by atoms with Gasteiger partial charge in [0.15, 0.2) is 5.75 Å². The van der Waals surface area contributed by atoms with Crippen LogP contribution >= 0.6 is 46.4 Å². The number of amides is 2. The normalized spacial score (nSPS) is 11.3. The van der Waals surface area contributed by atoms with Gasteiger partial charge in [-0.25, -0.2) is 4.79 Å². The molecule has 35 heavy (non-hydrogen) atoms. The van der Waals surface area contributed by atoms with Crippen LogP contribution in [-0.4, -0.2) is 23.0 Å². The number of carbonyl (C=O) groups excluding carboxylic acids is 1. The number of anilines is 1. The molecule has 0 aliphatic rings. The van der Waals surface area contributed by atoms with Gasteiger partial charge in [-0.15, -0.1) is 0 Å². The SMILES string of the molecule is CC(C)OC(=NC(=O)Nc1cc(Cl)c(Oc2ccc([N+](=O)[O-])cc2)c(Cl)c1)c1c(Cl)cccc1Cl. The van der Waals surface area contributed by atoms with Gasteiger partial charge in [0.2, 0.25) is 5.90 Å². The quantitative estimate of drug-likeness (QED) is 0.142. The average Bonchev–Trinajstić information content (AvgIpc) is 2.76. The summed E-state index contributed by atoms with van der Waals surface area (Å²) in [5, 5.41) is 14.1. The van der Waals surface area contributed by atoms with Crippen LogP contribution in [0.3, 0.4) is 0 Å². The molecule has 0 radical (unpaired) electrons. The summed E-state index contributed by atoms with van der Waals surface area (Å²) in [5.41, 5.74) is 0.425. The minimum absolute atomic E-state index is 0.0524. The first-order valence-electron chi connectivity index (χ1n) is 9.97. The average molecular weight is 557 g/mol. The minimum atomic E-state index is -0.784.